The number of hydrogen-bond acceptors (Lipinski definition) is 5. The molecule has 4 heterocycles. The number of nitrogens with one attached hydrogen (secondary N) is 1. The van der Waals surface area contributed by atoms with E-state index in [4.69, 9.17) is 0 Å². The summed E-state index contributed by atoms with van der Waals surface area (Å²) >= 11 is 0. The Kier molecular flexibility index (Phi) is 6.78. The number of benzene rings is 1. The van der Waals surface area contributed by atoms with Gasteiger partial charge in [-0.2, -0.15) is 0 Å². The molecule has 0 bridgehead atoms. The Bertz CT molecular complexity index is 1480. The summed E-state index contributed by atoms with van der Waals surface area (Å²) in [6, 6.07) is 10.5. The predicted octanol–water partition coefficient (Wildman–Crippen LogP) is 4.78. The van der Waals surface area contributed by atoms with E-state index in [2.05, 4.69) is 88.4 Å². The molecule has 0 saturated carbocycles. The fraction of sp³-hybridized carbons (Fsp3) is 0.393. The first-order valence-electron chi connectivity index (χ1n) is 13.0. The molecule has 192 valence electrons. The molecule has 9 nitrogen and oxygen atoms in total. The summed E-state index contributed by atoms with van der Waals surface area (Å²) in [4.78, 5) is 18.5. The second-order valence-electron chi connectivity index (χ2n) is 10.1. The zero-order valence-electron chi connectivity index (χ0n) is 21.9. The van der Waals surface area contributed by atoms with Crippen molar-refractivity contribution in [3.63, 3.8) is 0 Å². The van der Waals surface area contributed by atoms with Gasteiger partial charge in [-0.1, -0.05) is 37.6 Å². The number of nitrogens with zero attached hydrogens (tertiary/aromatic N) is 7. The third kappa shape index (κ3) is 4.61. The van der Waals surface area contributed by atoms with Crippen LogP contribution in [0.3, 0.4) is 0 Å². The summed E-state index contributed by atoms with van der Waals surface area (Å²) < 4.78 is 5.98. The quantitative estimate of drug-likeness (QED) is 0.359. The van der Waals surface area contributed by atoms with Crippen LogP contribution >= 0.6 is 0 Å². The molecule has 0 amide bonds. The highest BCUT2D eigenvalue weighted by Gasteiger charge is 2.33. The first kappa shape index (κ1) is 24.7. The molecule has 0 spiro atoms. The van der Waals surface area contributed by atoms with Gasteiger partial charge in [0.2, 0.25) is 0 Å². The number of tetrazole rings is 1. The molecule has 1 aliphatic rings. The second-order valence-corrected chi connectivity index (χ2v) is 10.1. The van der Waals surface area contributed by atoms with Crippen molar-refractivity contribution < 1.29 is 0 Å². The van der Waals surface area contributed by atoms with E-state index >= 15 is 0 Å². The van der Waals surface area contributed by atoms with E-state index in [-0.39, 0.29) is 11.7 Å². The van der Waals surface area contributed by atoms with Crippen LogP contribution < -0.4 is 5.69 Å². The zero-order chi connectivity index (χ0) is 26.0. The largest absolute Gasteiger partial charge is 0.334 e. The summed E-state index contributed by atoms with van der Waals surface area (Å²) in [5, 5.41) is 14.4. The average molecular weight is 499 g/mol. The molecule has 0 saturated heterocycles. The van der Waals surface area contributed by atoms with Gasteiger partial charge >= 0.3 is 5.69 Å². The lowest BCUT2D eigenvalue weighted by atomic mass is 9.76. The Morgan fingerprint density at radius 1 is 1.22 bits per heavy atom. The van der Waals surface area contributed by atoms with Crippen molar-refractivity contribution in [2.45, 2.75) is 71.4 Å². The molecule has 1 N–H and O–H groups in total. The minimum Gasteiger partial charge on any atom is -0.331 e. The van der Waals surface area contributed by atoms with Crippen LogP contribution in [-0.4, -0.2) is 40.5 Å². The van der Waals surface area contributed by atoms with Gasteiger partial charge in [-0.25, -0.2) is 9.89 Å². The molecule has 0 fully saturated rings. The van der Waals surface area contributed by atoms with Crippen LogP contribution in [0.2, 0.25) is 0 Å². The summed E-state index contributed by atoms with van der Waals surface area (Å²) in [7, 11) is 0. The van der Waals surface area contributed by atoms with Crippen LogP contribution in [0.1, 0.15) is 62.9 Å². The summed E-state index contributed by atoms with van der Waals surface area (Å²) in [5.41, 5.74) is 3.68. The van der Waals surface area contributed by atoms with Gasteiger partial charge < -0.3 is 4.57 Å². The van der Waals surface area contributed by atoms with Crippen LogP contribution in [0, 0.1) is 6.92 Å². The Hall–Kier alpha value is -4.01. The van der Waals surface area contributed by atoms with Crippen molar-refractivity contribution in [1.29, 1.82) is 0 Å². The third-order valence-corrected chi connectivity index (χ3v) is 7.25. The van der Waals surface area contributed by atoms with Gasteiger partial charge in [-0.3, -0.25) is 14.1 Å². The number of aromatic amines is 1. The summed E-state index contributed by atoms with van der Waals surface area (Å²) in [6.07, 6.45) is 13.6. The van der Waals surface area contributed by atoms with Gasteiger partial charge in [0.1, 0.15) is 5.82 Å². The molecule has 5 rings (SSSR count). The van der Waals surface area contributed by atoms with E-state index in [1.54, 1.807) is 0 Å². The maximum atomic E-state index is 14.1. The van der Waals surface area contributed by atoms with Gasteiger partial charge in [-0.15, -0.1) is 5.10 Å². The molecular formula is C28H34N8O. The van der Waals surface area contributed by atoms with Gasteiger partial charge in [0.25, 0.3) is 0 Å². The molecule has 37 heavy (non-hydrogen) atoms. The van der Waals surface area contributed by atoms with Gasteiger partial charge in [0.05, 0.1) is 0 Å². The normalized spacial score (nSPS) is 17.2. The van der Waals surface area contributed by atoms with Crippen molar-refractivity contribution in [2.75, 3.05) is 0 Å². The predicted molar refractivity (Wildman–Crippen MR) is 145 cm³/mol. The standard InChI is InChI=1S/C28H34N8O/c1-5-6-10-24-18-35(26-21(4)11-16-34(26)20(2)3)27(37)36(24)19-28(12-14-29-15-13-28)23-9-7-8-22(17-23)25-30-32-33-31-25/h7-9,11-12,14-18,20H,5-6,10,13,19H2,1-4H3,(H,30,31,32,33). The van der Waals surface area contributed by atoms with Crippen LogP contribution in [0.15, 0.2) is 64.8 Å². The van der Waals surface area contributed by atoms with Crippen LogP contribution in [0.4, 0.5) is 0 Å². The minimum atomic E-state index is -0.433. The number of allylic oxidation sites excluding steroid dienone is 1. The maximum Gasteiger partial charge on any atom is 0.334 e. The van der Waals surface area contributed by atoms with E-state index in [1.807, 2.05) is 39.9 Å². The summed E-state index contributed by atoms with van der Waals surface area (Å²) in [5.74, 6) is 1.55. The highest BCUT2D eigenvalue weighted by molar-refractivity contribution is 5.65. The van der Waals surface area contributed by atoms with E-state index in [0.29, 0.717) is 18.8 Å². The SMILES string of the molecule is CCCCc1cn(-c2c(C)ccn2C(C)C)c(=O)n1CC1(c2cccc(-c3nnn[nH]3)c2)C=CN=CC1. The van der Waals surface area contributed by atoms with Crippen molar-refractivity contribution in [3.8, 4) is 17.2 Å². The van der Waals surface area contributed by atoms with Crippen LogP contribution in [0.25, 0.3) is 17.2 Å². The molecule has 3 aromatic heterocycles. The Balaban J connectivity index is 1.63. The zero-order valence-corrected chi connectivity index (χ0v) is 21.9. The Labute approximate surface area is 216 Å². The Morgan fingerprint density at radius 2 is 2.08 bits per heavy atom. The van der Waals surface area contributed by atoms with Crippen molar-refractivity contribution in [1.82, 2.24) is 34.3 Å². The minimum absolute atomic E-state index is 0.0133. The third-order valence-electron chi connectivity index (χ3n) is 7.25. The highest BCUT2D eigenvalue weighted by Crippen LogP contribution is 2.35. The molecule has 0 aliphatic carbocycles. The number of hydrogen-bond donors (Lipinski definition) is 1. The monoisotopic (exact) mass is 498 g/mol. The smallest absolute Gasteiger partial charge is 0.331 e. The van der Waals surface area contributed by atoms with E-state index in [0.717, 1.165) is 47.5 Å². The van der Waals surface area contributed by atoms with E-state index < -0.39 is 5.41 Å². The van der Waals surface area contributed by atoms with E-state index in [9.17, 15) is 4.79 Å². The number of rotatable bonds is 9. The first-order valence-corrected chi connectivity index (χ1v) is 13.0. The van der Waals surface area contributed by atoms with Crippen molar-refractivity contribution in [3.05, 3.63) is 82.3 Å². The molecule has 1 unspecified atom stereocenters. The number of aliphatic imine (C=N–C) groups is 1. The number of aryl methyl sites for hydroxylation is 2. The molecular weight excluding hydrogens is 464 g/mol. The lowest BCUT2D eigenvalue weighted by molar-refractivity contribution is 0.438. The number of aromatic nitrogens is 7. The van der Waals surface area contributed by atoms with Crippen molar-refractivity contribution >= 4 is 6.21 Å². The molecule has 4 aromatic rings. The lowest BCUT2D eigenvalue weighted by Crippen LogP contribution is -2.37. The number of unbranched alkanes of at least 4 members (excludes halogenated alkanes) is 1. The molecule has 9 heteroatoms. The first-order chi connectivity index (χ1) is 17.9. The lowest BCUT2D eigenvalue weighted by Gasteiger charge is -2.32. The highest BCUT2D eigenvalue weighted by atomic mass is 16.1. The Morgan fingerprint density at radius 3 is 2.78 bits per heavy atom. The molecule has 0 radical (unpaired) electrons. The van der Waals surface area contributed by atoms with Gasteiger partial charge in [0.15, 0.2) is 5.82 Å². The van der Waals surface area contributed by atoms with Crippen LogP contribution in [0.5, 0.6) is 0 Å². The fourth-order valence-electron chi connectivity index (χ4n) is 5.17. The summed E-state index contributed by atoms with van der Waals surface area (Å²) in [6.45, 7) is 9.04. The topological polar surface area (TPSA) is 98.7 Å². The van der Waals surface area contributed by atoms with E-state index in [1.165, 1.54) is 0 Å². The van der Waals surface area contributed by atoms with Gasteiger partial charge in [-0.05, 0) is 73.7 Å². The average Bonchev–Trinajstić information content (AvgIpc) is 3.64. The fourth-order valence-corrected chi connectivity index (χ4v) is 5.17. The number of H-pyrrole nitrogens is 1. The molecule has 1 aliphatic heterocycles. The molecule has 1 atom stereocenters. The second kappa shape index (κ2) is 10.2. The number of imidazole rings is 1. The molecule has 1 aromatic carbocycles. The van der Waals surface area contributed by atoms with Crippen LogP contribution in [-0.2, 0) is 18.4 Å². The maximum absolute atomic E-state index is 14.1. The van der Waals surface area contributed by atoms with Crippen molar-refractivity contribution in [2.24, 2.45) is 4.99 Å². The van der Waals surface area contributed by atoms with Gasteiger partial charge in [0, 0.05) is 54.1 Å².